The van der Waals surface area contributed by atoms with Crippen molar-refractivity contribution in [1.82, 2.24) is 0 Å². The van der Waals surface area contributed by atoms with Crippen LogP contribution >= 0.6 is 0 Å². The predicted molar refractivity (Wildman–Crippen MR) is 105 cm³/mol. The van der Waals surface area contributed by atoms with E-state index in [1.165, 1.54) is 18.2 Å². The van der Waals surface area contributed by atoms with Crippen LogP contribution < -0.4 is 0 Å². The standard InChI is InChI=1S/C21H20O10/c1-11-8-12(2-5-14(11)22)4-7-17(25)31-18(19(26)27)21(30,20(28)29)10-13-3-6-15(23)16(24)9-13/h2-9,18,22-24,30H,10H2,1H3,(H,26,27)(H,28,29)/b7-4+/t18-,21-/m1/s1. The largest absolute Gasteiger partial charge is 0.508 e. The lowest BCUT2D eigenvalue weighted by atomic mass is 9.88. The fourth-order valence-electron chi connectivity index (χ4n) is 2.72. The molecule has 0 saturated carbocycles. The van der Waals surface area contributed by atoms with Gasteiger partial charge in [-0.1, -0.05) is 12.1 Å². The zero-order valence-corrected chi connectivity index (χ0v) is 16.2. The minimum Gasteiger partial charge on any atom is -0.508 e. The molecule has 0 spiro atoms. The SMILES string of the molecule is Cc1cc(/C=C/C(=O)O[C@H](C(=O)O)[C@](O)(Cc2ccc(O)c(O)c2)C(=O)O)ccc1O. The number of rotatable bonds is 8. The number of aryl methyl sites for hydroxylation is 1. The number of hydrogen-bond donors (Lipinski definition) is 6. The number of carbonyl (C=O) groups is 3. The van der Waals surface area contributed by atoms with Gasteiger partial charge in [0.2, 0.25) is 11.7 Å². The van der Waals surface area contributed by atoms with E-state index in [1.54, 1.807) is 13.0 Å². The van der Waals surface area contributed by atoms with E-state index in [-0.39, 0.29) is 11.3 Å². The number of carboxylic acids is 2. The van der Waals surface area contributed by atoms with E-state index < -0.39 is 47.5 Å². The summed E-state index contributed by atoms with van der Waals surface area (Å²) >= 11 is 0. The number of aliphatic hydroxyl groups is 1. The second-order valence-corrected chi connectivity index (χ2v) is 6.76. The van der Waals surface area contributed by atoms with Crippen LogP contribution in [0.4, 0.5) is 0 Å². The third kappa shape index (κ3) is 5.52. The van der Waals surface area contributed by atoms with Crippen LogP contribution in [0.15, 0.2) is 42.5 Å². The minimum atomic E-state index is -3.08. The first kappa shape index (κ1) is 23.2. The van der Waals surface area contributed by atoms with Gasteiger partial charge in [-0.15, -0.1) is 0 Å². The van der Waals surface area contributed by atoms with E-state index in [4.69, 9.17) is 4.74 Å². The average molecular weight is 432 g/mol. The van der Waals surface area contributed by atoms with Crippen LogP contribution in [0.25, 0.3) is 6.08 Å². The molecule has 2 atom stereocenters. The number of carboxylic acid groups (broad SMARTS) is 2. The van der Waals surface area contributed by atoms with E-state index in [9.17, 15) is 45.0 Å². The van der Waals surface area contributed by atoms with Gasteiger partial charge in [-0.3, -0.25) is 0 Å². The Kier molecular flexibility index (Phi) is 6.88. The second-order valence-electron chi connectivity index (χ2n) is 6.76. The number of esters is 1. The molecule has 0 aliphatic heterocycles. The molecule has 6 N–H and O–H groups in total. The van der Waals surface area contributed by atoms with Crippen LogP contribution in [0.1, 0.15) is 16.7 Å². The van der Waals surface area contributed by atoms with Gasteiger partial charge in [0, 0.05) is 12.5 Å². The number of phenolic OH excluding ortho intramolecular Hbond substituents is 3. The van der Waals surface area contributed by atoms with Crippen LogP contribution in [0.3, 0.4) is 0 Å². The summed E-state index contributed by atoms with van der Waals surface area (Å²) in [5.41, 5.74) is -2.10. The second kappa shape index (κ2) is 9.18. The van der Waals surface area contributed by atoms with Crippen LogP contribution in [-0.4, -0.2) is 60.3 Å². The molecule has 0 heterocycles. The van der Waals surface area contributed by atoms with E-state index in [0.717, 1.165) is 24.3 Å². The monoisotopic (exact) mass is 432 g/mol. The number of benzene rings is 2. The third-order valence-corrected chi connectivity index (χ3v) is 4.41. The van der Waals surface area contributed by atoms with Crippen LogP contribution in [0.5, 0.6) is 17.2 Å². The Balaban J connectivity index is 2.27. The summed E-state index contributed by atoms with van der Waals surface area (Å²) in [6.45, 7) is 1.62. The van der Waals surface area contributed by atoms with Crippen molar-refractivity contribution >= 4 is 24.0 Å². The van der Waals surface area contributed by atoms with Crippen molar-refractivity contribution in [3.05, 3.63) is 59.2 Å². The quantitative estimate of drug-likeness (QED) is 0.201. The molecule has 2 aromatic carbocycles. The lowest BCUT2D eigenvalue weighted by Crippen LogP contribution is -2.56. The zero-order valence-electron chi connectivity index (χ0n) is 16.2. The number of carbonyl (C=O) groups excluding carboxylic acids is 1. The normalized spacial score (nSPS) is 14.0. The first-order valence-corrected chi connectivity index (χ1v) is 8.82. The highest BCUT2D eigenvalue weighted by molar-refractivity contribution is 5.93. The predicted octanol–water partition coefficient (Wildman–Crippen LogP) is 1.18. The van der Waals surface area contributed by atoms with Gasteiger partial charge in [-0.25, -0.2) is 14.4 Å². The van der Waals surface area contributed by atoms with Crippen molar-refractivity contribution in [3.8, 4) is 17.2 Å². The molecule has 0 aromatic heterocycles. The smallest absolute Gasteiger partial charge is 0.348 e. The van der Waals surface area contributed by atoms with Gasteiger partial charge in [0.1, 0.15) is 5.75 Å². The lowest BCUT2D eigenvalue weighted by molar-refractivity contribution is -0.192. The minimum absolute atomic E-state index is 0.0300. The maximum atomic E-state index is 12.1. The Morgan fingerprint density at radius 3 is 2.19 bits per heavy atom. The molecule has 0 unspecified atom stereocenters. The van der Waals surface area contributed by atoms with Crippen molar-refractivity contribution in [2.75, 3.05) is 0 Å². The highest BCUT2D eigenvalue weighted by Gasteiger charge is 2.51. The molecule has 2 rings (SSSR count). The molecular weight excluding hydrogens is 412 g/mol. The highest BCUT2D eigenvalue weighted by Crippen LogP contribution is 2.29. The fraction of sp³-hybridized carbons (Fsp3) is 0.190. The topological polar surface area (TPSA) is 182 Å². The van der Waals surface area contributed by atoms with Crippen LogP contribution in [-0.2, 0) is 25.5 Å². The Labute approximate surface area is 175 Å². The molecular formula is C21H20O10. The molecule has 10 heteroatoms. The molecule has 0 aliphatic rings. The van der Waals surface area contributed by atoms with Gasteiger partial charge in [0.05, 0.1) is 0 Å². The zero-order chi connectivity index (χ0) is 23.3. The summed E-state index contributed by atoms with van der Waals surface area (Å²) < 4.78 is 4.72. The van der Waals surface area contributed by atoms with Crippen molar-refractivity contribution in [2.45, 2.75) is 25.0 Å². The van der Waals surface area contributed by atoms with Crippen LogP contribution in [0.2, 0.25) is 0 Å². The summed E-state index contributed by atoms with van der Waals surface area (Å²) in [6.07, 6.45) is -1.23. The maximum absolute atomic E-state index is 12.1. The molecule has 0 bridgehead atoms. The van der Waals surface area contributed by atoms with Gasteiger partial charge in [0.15, 0.2) is 11.5 Å². The summed E-state index contributed by atoms with van der Waals surface area (Å²) in [6, 6.07) is 7.53. The molecule has 10 nitrogen and oxygen atoms in total. The van der Waals surface area contributed by atoms with E-state index in [1.807, 2.05) is 0 Å². The Bertz CT molecular complexity index is 1040. The maximum Gasteiger partial charge on any atom is 0.348 e. The number of aromatic hydroxyl groups is 3. The Morgan fingerprint density at radius 2 is 1.65 bits per heavy atom. The third-order valence-electron chi connectivity index (χ3n) is 4.41. The fourth-order valence-corrected chi connectivity index (χ4v) is 2.72. The summed E-state index contributed by atoms with van der Waals surface area (Å²) in [4.78, 5) is 35.4. The number of aliphatic carboxylic acids is 2. The van der Waals surface area contributed by atoms with Gasteiger partial charge in [0.25, 0.3) is 0 Å². The molecule has 31 heavy (non-hydrogen) atoms. The Morgan fingerprint density at radius 1 is 1.00 bits per heavy atom. The first-order valence-electron chi connectivity index (χ1n) is 8.82. The first-order chi connectivity index (χ1) is 14.4. The van der Waals surface area contributed by atoms with Crippen molar-refractivity contribution < 1.29 is 49.8 Å². The van der Waals surface area contributed by atoms with E-state index in [0.29, 0.717) is 11.1 Å². The number of hydrogen-bond acceptors (Lipinski definition) is 8. The lowest BCUT2D eigenvalue weighted by Gasteiger charge is -2.29. The molecule has 164 valence electrons. The van der Waals surface area contributed by atoms with Crippen molar-refractivity contribution in [3.63, 3.8) is 0 Å². The molecule has 0 radical (unpaired) electrons. The molecule has 0 saturated heterocycles. The number of phenols is 3. The van der Waals surface area contributed by atoms with Gasteiger partial charge in [-0.05, 0) is 54.0 Å². The summed E-state index contributed by atoms with van der Waals surface area (Å²) in [5, 5.41) is 57.8. The van der Waals surface area contributed by atoms with Crippen molar-refractivity contribution in [2.24, 2.45) is 0 Å². The van der Waals surface area contributed by atoms with Gasteiger partial charge >= 0.3 is 17.9 Å². The van der Waals surface area contributed by atoms with E-state index in [2.05, 4.69) is 0 Å². The molecule has 0 amide bonds. The van der Waals surface area contributed by atoms with E-state index >= 15 is 0 Å². The average Bonchev–Trinajstić information content (AvgIpc) is 2.69. The van der Waals surface area contributed by atoms with Gasteiger partial charge in [-0.2, -0.15) is 0 Å². The summed E-state index contributed by atoms with van der Waals surface area (Å²) in [5.74, 6) is -6.18. The van der Waals surface area contributed by atoms with Crippen LogP contribution in [0, 0.1) is 6.92 Å². The van der Waals surface area contributed by atoms with Crippen molar-refractivity contribution in [1.29, 1.82) is 0 Å². The molecule has 2 aromatic rings. The molecule has 0 fully saturated rings. The van der Waals surface area contributed by atoms with Gasteiger partial charge < -0.3 is 35.4 Å². The number of ether oxygens (including phenoxy) is 1. The Hall–Kier alpha value is -4.05. The summed E-state index contributed by atoms with van der Waals surface area (Å²) in [7, 11) is 0. The molecule has 0 aliphatic carbocycles. The highest BCUT2D eigenvalue weighted by atomic mass is 16.6.